The van der Waals surface area contributed by atoms with E-state index in [0.29, 0.717) is 11.7 Å². The summed E-state index contributed by atoms with van der Waals surface area (Å²) < 4.78 is 1.73. The van der Waals surface area contributed by atoms with Crippen molar-refractivity contribution in [3.8, 4) is 5.75 Å². The largest absolute Gasteiger partial charge is 0.506 e. The van der Waals surface area contributed by atoms with Gasteiger partial charge in [-0.3, -0.25) is 0 Å². The van der Waals surface area contributed by atoms with Crippen LogP contribution in [0.1, 0.15) is 24.6 Å². The molecule has 0 spiro atoms. The molecular formula is C7H8Br2OS. The highest BCUT2D eigenvalue weighted by Crippen LogP contribution is 2.45. The molecule has 0 aliphatic carbocycles. The van der Waals surface area contributed by atoms with Crippen LogP contribution < -0.4 is 0 Å². The maximum atomic E-state index is 9.52. The van der Waals surface area contributed by atoms with Crippen LogP contribution >= 0.6 is 43.2 Å². The average Bonchev–Trinajstić information content (AvgIpc) is 2.17. The average molecular weight is 300 g/mol. The van der Waals surface area contributed by atoms with E-state index in [4.69, 9.17) is 0 Å². The fourth-order valence-corrected chi connectivity index (χ4v) is 2.89. The van der Waals surface area contributed by atoms with Crippen LogP contribution in [-0.4, -0.2) is 5.11 Å². The van der Waals surface area contributed by atoms with Crippen molar-refractivity contribution in [2.75, 3.05) is 0 Å². The van der Waals surface area contributed by atoms with Crippen molar-refractivity contribution < 1.29 is 5.11 Å². The Balaban J connectivity index is 3.19. The van der Waals surface area contributed by atoms with Gasteiger partial charge in [0.1, 0.15) is 5.75 Å². The van der Waals surface area contributed by atoms with E-state index < -0.39 is 0 Å². The van der Waals surface area contributed by atoms with E-state index in [1.807, 2.05) is 0 Å². The number of hydrogen-bond acceptors (Lipinski definition) is 2. The molecule has 0 unspecified atom stereocenters. The van der Waals surface area contributed by atoms with E-state index in [1.165, 1.54) is 0 Å². The number of halogens is 2. The molecule has 0 fully saturated rings. The summed E-state index contributed by atoms with van der Waals surface area (Å²) in [4.78, 5) is 1.02. The molecule has 1 rings (SSSR count). The first kappa shape index (κ1) is 9.55. The Hall–Kier alpha value is 0.460. The maximum Gasteiger partial charge on any atom is 0.145 e. The van der Waals surface area contributed by atoms with Gasteiger partial charge in [0.05, 0.1) is 13.1 Å². The van der Waals surface area contributed by atoms with Gasteiger partial charge in [0.25, 0.3) is 0 Å². The first-order chi connectivity index (χ1) is 5.04. The molecule has 1 heterocycles. The SMILES string of the molecule is CC(C)c1sc(Br)c(Br)c1O. The third kappa shape index (κ3) is 1.79. The van der Waals surface area contributed by atoms with Crippen molar-refractivity contribution in [2.45, 2.75) is 19.8 Å². The van der Waals surface area contributed by atoms with Crippen LogP contribution in [0.4, 0.5) is 0 Å². The zero-order chi connectivity index (χ0) is 8.59. The van der Waals surface area contributed by atoms with Crippen molar-refractivity contribution >= 4 is 43.2 Å². The molecule has 0 aliphatic heterocycles. The molecule has 0 bridgehead atoms. The zero-order valence-corrected chi connectivity index (χ0v) is 10.2. The Morgan fingerprint density at radius 1 is 1.36 bits per heavy atom. The molecule has 0 radical (unpaired) electrons. The van der Waals surface area contributed by atoms with E-state index in [0.717, 1.165) is 13.1 Å². The lowest BCUT2D eigenvalue weighted by atomic mass is 10.2. The molecule has 0 saturated carbocycles. The maximum absolute atomic E-state index is 9.52. The van der Waals surface area contributed by atoms with Gasteiger partial charge in [0.15, 0.2) is 0 Å². The highest BCUT2D eigenvalue weighted by atomic mass is 79.9. The van der Waals surface area contributed by atoms with Crippen LogP contribution in [0.25, 0.3) is 0 Å². The number of thiophene rings is 1. The van der Waals surface area contributed by atoms with Gasteiger partial charge in [-0.05, 0) is 37.8 Å². The third-order valence-electron chi connectivity index (χ3n) is 1.34. The van der Waals surface area contributed by atoms with Crippen LogP contribution in [0.3, 0.4) is 0 Å². The minimum absolute atomic E-state index is 0.372. The summed E-state index contributed by atoms with van der Waals surface area (Å²) in [5, 5.41) is 9.52. The van der Waals surface area contributed by atoms with Gasteiger partial charge in [0, 0.05) is 0 Å². The van der Waals surface area contributed by atoms with Gasteiger partial charge in [-0.15, -0.1) is 11.3 Å². The van der Waals surface area contributed by atoms with Gasteiger partial charge < -0.3 is 5.11 Å². The van der Waals surface area contributed by atoms with Crippen molar-refractivity contribution in [3.63, 3.8) is 0 Å². The molecule has 4 heteroatoms. The first-order valence-electron chi connectivity index (χ1n) is 3.20. The van der Waals surface area contributed by atoms with Crippen molar-refractivity contribution in [3.05, 3.63) is 13.1 Å². The van der Waals surface area contributed by atoms with Crippen LogP contribution in [-0.2, 0) is 0 Å². The molecule has 62 valence electrons. The van der Waals surface area contributed by atoms with Gasteiger partial charge in [-0.25, -0.2) is 0 Å². The zero-order valence-electron chi connectivity index (χ0n) is 6.19. The lowest BCUT2D eigenvalue weighted by Crippen LogP contribution is -1.80. The van der Waals surface area contributed by atoms with Gasteiger partial charge in [-0.2, -0.15) is 0 Å². The third-order valence-corrected chi connectivity index (χ3v) is 5.05. The first-order valence-corrected chi connectivity index (χ1v) is 5.61. The summed E-state index contributed by atoms with van der Waals surface area (Å²) >= 11 is 8.20. The summed E-state index contributed by atoms with van der Waals surface area (Å²) in [7, 11) is 0. The van der Waals surface area contributed by atoms with Gasteiger partial charge in [-0.1, -0.05) is 13.8 Å². The Labute approximate surface area is 86.7 Å². The Morgan fingerprint density at radius 2 is 1.91 bits per heavy atom. The Morgan fingerprint density at radius 3 is 2.09 bits per heavy atom. The minimum atomic E-state index is 0.372. The fraction of sp³-hybridized carbons (Fsp3) is 0.429. The summed E-state index contributed by atoms with van der Waals surface area (Å²) in [6, 6.07) is 0. The van der Waals surface area contributed by atoms with Crippen LogP contribution in [0, 0.1) is 0 Å². The molecular weight excluding hydrogens is 292 g/mol. The second kappa shape index (κ2) is 3.46. The predicted octanol–water partition coefficient (Wildman–Crippen LogP) is 4.10. The molecule has 11 heavy (non-hydrogen) atoms. The lowest BCUT2D eigenvalue weighted by Gasteiger charge is -1.99. The monoisotopic (exact) mass is 298 g/mol. The van der Waals surface area contributed by atoms with Gasteiger partial charge in [0.2, 0.25) is 0 Å². The Kier molecular flexibility index (Phi) is 3.00. The summed E-state index contributed by atoms with van der Waals surface area (Å²) in [5.74, 6) is 0.750. The van der Waals surface area contributed by atoms with Crippen molar-refractivity contribution in [1.82, 2.24) is 0 Å². The predicted molar refractivity (Wildman–Crippen MR) is 55.5 cm³/mol. The number of rotatable bonds is 1. The minimum Gasteiger partial charge on any atom is -0.506 e. The highest BCUT2D eigenvalue weighted by Gasteiger charge is 2.15. The normalized spacial score (nSPS) is 11.0. The second-order valence-corrected chi connectivity index (χ2v) is 5.72. The van der Waals surface area contributed by atoms with E-state index >= 15 is 0 Å². The smallest absolute Gasteiger partial charge is 0.145 e. The number of aromatic hydroxyl groups is 1. The molecule has 1 aromatic heterocycles. The molecule has 1 nitrogen and oxygen atoms in total. The van der Waals surface area contributed by atoms with Gasteiger partial charge >= 0.3 is 0 Å². The molecule has 0 amide bonds. The summed E-state index contributed by atoms with van der Waals surface area (Å²) in [6.45, 7) is 4.12. The lowest BCUT2D eigenvalue weighted by molar-refractivity contribution is 0.465. The molecule has 1 aromatic rings. The molecule has 0 aromatic carbocycles. The van der Waals surface area contributed by atoms with Crippen LogP contribution in [0.15, 0.2) is 8.26 Å². The molecule has 0 aliphatic rings. The molecule has 0 atom stereocenters. The quantitative estimate of drug-likeness (QED) is 0.828. The topological polar surface area (TPSA) is 20.2 Å². The second-order valence-electron chi connectivity index (χ2n) is 2.56. The Bertz CT molecular complexity index is 268. The summed E-state index contributed by atoms with van der Waals surface area (Å²) in [6.07, 6.45) is 0. The standard InChI is InChI=1S/C7H8Br2OS/c1-3(2)6-5(10)4(8)7(9)11-6/h3,10H,1-2H3. The van der Waals surface area contributed by atoms with E-state index in [9.17, 15) is 5.11 Å². The van der Waals surface area contributed by atoms with Crippen molar-refractivity contribution in [1.29, 1.82) is 0 Å². The number of hydrogen-bond donors (Lipinski definition) is 1. The van der Waals surface area contributed by atoms with Crippen LogP contribution in [0.2, 0.25) is 0 Å². The van der Waals surface area contributed by atoms with E-state index in [2.05, 4.69) is 45.7 Å². The fourth-order valence-electron chi connectivity index (χ4n) is 0.782. The van der Waals surface area contributed by atoms with E-state index in [-0.39, 0.29) is 0 Å². The highest BCUT2D eigenvalue weighted by molar-refractivity contribution is 9.13. The van der Waals surface area contributed by atoms with Crippen molar-refractivity contribution in [2.24, 2.45) is 0 Å². The van der Waals surface area contributed by atoms with E-state index in [1.54, 1.807) is 11.3 Å². The summed E-state index contributed by atoms with van der Waals surface area (Å²) in [5.41, 5.74) is 0. The molecule has 0 saturated heterocycles. The van der Waals surface area contributed by atoms with Crippen LogP contribution in [0.5, 0.6) is 5.75 Å². The molecule has 1 N–H and O–H groups in total.